The summed E-state index contributed by atoms with van der Waals surface area (Å²) in [5.41, 5.74) is 3.21. The zero-order valence-electron chi connectivity index (χ0n) is 14.0. The van der Waals surface area contributed by atoms with Gasteiger partial charge in [0.1, 0.15) is 5.75 Å². The number of amides is 2. The lowest BCUT2D eigenvalue weighted by Crippen LogP contribution is -2.30. The van der Waals surface area contributed by atoms with Gasteiger partial charge < -0.3 is 10.1 Å². The Bertz CT molecular complexity index is 643. The van der Waals surface area contributed by atoms with Gasteiger partial charge in [-0.05, 0) is 45.2 Å². The summed E-state index contributed by atoms with van der Waals surface area (Å²) < 4.78 is 5.80. The van der Waals surface area contributed by atoms with E-state index < -0.39 is 0 Å². The van der Waals surface area contributed by atoms with Crippen molar-refractivity contribution in [2.75, 3.05) is 18.5 Å². The normalized spacial score (nSPS) is 10.4. The fourth-order valence-electron chi connectivity index (χ4n) is 2.14. The minimum Gasteiger partial charge on any atom is -0.493 e. The molecule has 1 aromatic carbocycles. The molecular weight excluding hydrogens is 310 g/mol. The molecule has 0 aliphatic carbocycles. The van der Waals surface area contributed by atoms with Crippen molar-refractivity contribution < 1.29 is 9.53 Å². The van der Waals surface area contributed by atoms with Crippen LogP contribution < -0.4 is 15.4 Å². The second-order valence-corrected chi connectivity index (χ2v) is 6.67. The van der Waals surface area contributed by atoms with E-state index in [0.29, 0.717) is 18.3 Å². The summed E-state index contributed by atoms with van der Waals surface area (Å²) in [5.74, 6) is 0.936. The van der Waals surface area contributed by atoms with Crippen LogP contribution in [0.3, 0.4) is 0 Å². The summed E-state index contributed by atoms with van der Waals surface area (Å²) in [6.07, 6.45) is 0.747. The molecule has 0 aliphatic rings. The van der Waals surface area contributed by atoms with E-state index in [1.165, 1.54) is 11.3 Å². The van der Waals surface area contributed by atoms with Gasteiger partial charge in [0.15, 0.2) is 5.13 Å². The maximum Gasteiger partial charge on any atom is 0.321 e. The first kappa shape index (κ1) is 17.3. The van der Waals surface area contributed by atoms with Crippen LogP contribution >= 0.6 is 11.3 Å². The number of para-hydroxylation sites is 1. The topological polar surface area (TPSA) is 63.2 Å². The summed E-state index contributed by atoms with van der Waals surface area (Å²) in [5, 5.41) is 6.19. The predicted molar refractivity (Wildman–Crippen MR) is 94.6 cm³/mol. The van der Waals surface area contributed by atoms with E-state index in [1.54, 1.807) is 0 Å². The standard InChI is InChI=1S/C17H23N3O2S/c1-11-7-5-8-12(2)15(11)22-10-6-9-18-16(21)20-17-19-13(3)14(4)23-17/h5,7-8H,6,9-10H2,1-4H3,(H2,18,19,20,21). The van der Waals surface area contributed by atoms with Gasteiger partial charge in [0.05, 0.1) is 12.3 Å². The lowest BCUT2D eigenvalue weighted by molar-refractivity contribution is 0.250. The van der Waals surface area contributed by atoms with Crippen LogP contribution in [0.4, 0.5) is 9.93 Å². The number of hydrogen-bond donors (Lipinski definition) is 2. The smallest absolute Gasteiger partial charge is 0.321 e. The zero-order chi connectivity index (χ0) is 16.8. The molecule has 2 amide bonds. The molecule has 0 saturated heterocycles. The van der Waals surface area contributed by atoms with Gasteiger partial charge in [-0.25, -0.2) is 9.78 Å². The number of aromatic nitrogens is 1. The predicted octanol–water partition coefficient (Wildman–Crippen LogP) is 3.97. The first-order valence-corrected chi connectivity index (χ1v) is 8.47. The lowest BCUT2D eigenvalue weighted by Gasteiger charge is -2.12. The molecule has 0 aliphatic heterocycles. The molecule has 0 unspecified atom stereocenters. The van der Waals surface area contributed by atoms with Gasteiger partial charge in [0.25, 0.3) is 0 Å². The molecule has 0 atom stereocenters. The molecular formula is C17H23N3O2S. The van der Waals surface area contributed by atoms with Crippen LogP contribution in [-0.4, -0.2) is 24.2 Å². The molecule has 0 spiro atoms. The average Bonchev–Trinajstić information content (AvgIpc) is 2.79. The lowest BCUT2D eigenvalue weighted by atomic mass is 10.1. The van der Waals surface area contributed by atoms with E-state index in [9.17, 15) is 4.79 Å². The highest BCUT2D eigenvalue weighted by Crippen LogP contribution is 2.22. The van der Waals surface area contributed by atoms with Crippen molar-refractivity contribution in [2.45, 2.75) is 34.1 Å². The van der Waals surface area contributed by atoms with Crippen molar-refractivity contribution in [3.8, 4) is 5.75 Å². The van der Waals surface area contributed by atoms with Gasteiger partial charge in [-0.3, -0.25) is 5.32 Å². The van der Waals surface area contributed by atoms with Gasteiger partial charge in [0, 0.05) is 11.4 Å². The van der Waals surface area contributed by atoms with Crippen LogP contribution in [0.5, 0.6) is 5.75 Å². The third kappa shape index (κ3) is 4.96. The second kappa shape index (κ2) is 7.97. The van der Waals surface area contributed by atoms with E-state index in [-0.39, 0.29) is 6.03 Å². The molecule has 6 heteroatoms. The van der Waals surface area contributed by atoms with Crippen molar-refractivity contribution in [2.24, 2.45) is 0 Å². The van der Waals surface area contributed by atoms with Crippen molar-refractivity contribution in [3.63, 3.8) is 0 Å². The van der Waals surface area contributed by atoms with Gasteiger partial charge in [-0.1, -0.05) is 18.2 Å². The number of benzene rings is 1. The number of carbonyl (C=O) groups is 1. The Morgan fingerprint density at radius 2 is 1.91 bits per heavy atom. The number of rotatable bonds is 6. The Kier molecular flexibility index (Phi) is 5.98. The fraction of sp³-hybridized carbons (Fsp3) is 0.412. The largest absolute Gasteiger partial charge is 0.493 e. The monoisotopic (exact) mass is 333 g/mol. The van der Waals surface area contributed by atoms with Crippen molar-refractivity contribution in [1.29, 1.82) is 0 Å². The van der Waals surface area contributed by atoms with E-state index in [2.05, 4.69) is 15.6 Å². The molecule has 23 heavy (non-hydrogen) atoms. The number of ether oxygens (including phenoxy) is 1. The quantitative estimate of drug-likeness (QED) is 0.786. The van der Waals surface area contributed by atoms with E-state index in [0.717, 1.165) is 33.9 Å². The minimum atomic E-state index is -0.231. The molecule has 0 fully saturated rings. The Labute approximate surface area is 141 Å². The molecule has 1 heterocycles. The Morgan fingerprint density at radius 3 is 2.52 bits per heavy atom. The Hall–Kier alpha value is -2.08. The first-order valence-electron chi connectivity index (χ1n) is 7.65. The minimum absolute atomic E-state index is 0.231. The van der Waals surface area contributed by atoms with Crippen molar-refractivity contribution in [3.05, 3.63) is 39.9 Å². The number of nitrogens with one attached hydrogen (secondary N) is 2. The van der Waals surface area contributed by atoms with E-state index in [4.69, 9.17) is 4.74 Å². The molecule has 124 valence electrons. The average molecular weight is 333 g/mol. The second-order valence-electron chi connectivity index (χ2n) is 5.46. The molecule has 2 N–H and O–H groups in total. The van der Waals surface area contributed by atoms with Crippen LogP contribution in [0.1, 0.15) is 28.1 Å². The van der Waals surface area contributed by atoms with Crippen LogP contribution in [0.15, 0.2) is 18.2 Å². The number of thiazole rings is 1. The summed E-state index contributed by atoms with van der Waals surface area (Å²) in [4.78, 5) is 17.2. The highest BCUT2D eigenvalue weighted by atomic mass is 32.1. The number of carbonyl (C=O) groups excluding carboxylic acids is 1. The molecule has 0 bridgehead atoms. The van der Waals surface area contributed by atoms with Gasteiger partial charge in [-0.15, -0.1) is 11.3 Å². The Balaban J connectivity index is 1.68. The maximum absolute atomic E-state index is 11.8. The molecule has 0 radical (unpaired) electrons. The van der Waals surface area contributed by atoms with Gasteiger partial charge >= 0.3 is 6.03 Å². The molecule has 5 nitrogen and oxygen atoms in total. The highest BCUT2D eigenvalue weighted by Gasteiger charge is 2.07. The van der Waals surface area contributed by atoms with Gasteiger partial charge in [0.2, 0.25) is 0 Å². The third-order valence-corrected chi connectivity index (χ3v) is 4.50. The third-order valence-electron chi connectivity index (χ3n) is 3.51. The fourth-order valence-corrected chi connectivity index (χ4v) is 2.95. The zero-order valence-corrected chi connectivity index (χ0v) is 14.8. The maximum atomic E-state index is 11.8. The number of aryl methyl sites for hydroxylation is 4. The summed E-state index contributed by atoms with van der Waals surface area (Å²) >= 11 is 1.48. The molecule has 2 rings (SSSR count). The van der Waals surface area contributed by atoms with Crippen LogP contribution in [-0.2, 0) is 0 Å². The van der Waals surface area contributed by atoms with Crippen molar-refractivity contribution >= 4 is 22.5 Å². The number of urea groups is 1. The van der Waals surface area contributed by atoms with Crippen LogP contribution in [0.2, 0.25) is 0 Å². The molecule has 2 aromatic rings. The van der Waals surface area contributed by atoms with E-state index in [1.807, 2.05) is 45.9 Å². The Morgan fingerprint density at radius 1 is 1.22 bits per heavy atom. The summed E-state index contributed by atoms with van der Waals surface area (Å²) in [7, 11) is 0. The first-order chi connectivity index (χ1) is 11.0. The SMILES string of the molecule is Cc1cccc(C)c1OCCCNC(=O)Nc1nc(C)c(C)s1. The van der Waals surface area contributed by atoms with Crippen LogP contribution in [0, 0.1) is 27.7 Å². The van der Waals surface area contributed by atoms with Crippen molar-refractivity contribution in [1.82, 2.24) is 10.3 Å². The van der Waals surface area contributed by atoms with E-state index >= 15 is 0 Å². The molecule has 1 aromatic heterocycles. The molecule has 0 saturated carbocycles. The van der Waals surface area contributed by atoms with Crippen LogP contribution in [0.25, 0.3) is 0 Å². The highest BCUT2D eigenvalue weighted by molar-refractivity contribution is 7.15. The van der Waals surface area contributed by atoms with Gasteiger partial charge in [-0.2, -0.15) is 0 Å². The number of hydrogen-bond acceptors (Lipinski definition) is 4. The summed E-state index contributed by atoms with van der Waals surface area (Å²) in [6.45, 7) is 9.11. The summed E-state index contributed by atoms with van der Waals surface area (Å²) in [6, 6.07) is 5.86. The number of nitrogens with zero attached hydrogens (tertiary/aromatic N) is 1. The number of anilines is 1.